The van der Waals surface area contributed by atoms with Gasteiger partial charge in [-0.25, -0.2) is 0 Å². The van der Waals surface area contributed by atoms with Crippen LogP contribution in [0.4, 0.5) is 5.69 Å². The summed E-state index contributed by atoms with van der Waals surface area (Å²) in [6, 6.07) is 16.0. The van der Waals surface area contributed by atoms with Crippen molar-refractivity contribution in [2.24, 2.45) is 0 Å². The number of anilines is 1. The first-order valence-corrected chi connectivity index (χ1v) is 6.16. The van der Waals surface area contributed by atoms with Crippen LogP contribution in [-0.4, -0.2) is 19.0 Å². The number of hydrogen-bond donors (Lipinski definition) is 2. The first-order valence-electron chi connectivity index (χ1n) is 6.16. The van der Waals surface area contributed by atoms with E-state index in [0.29, 0.717) is 13.0 Å². The van der Waals surface area contributed by atoms with Crippen molar-refractivity contribution in [1.82, 2.24) is 5.32 Å². The quantitative estimate of drug-likeness (QED) is 0.803. The van der Waals surface area contributed by atoms with Crippen LogP contribution in [0.2, 0.25) is 0 Å². The first kappa shape index (κ1) is 12.9. The minimum Gasteiger partial charge on any atom is -0.376 e. The number of hydrogen-bond acceptors (Lipinski definition) is 3. The number of fused-ring (bicyclic) bond motifs is 1. The lowest BCUT2D eigenvalue weighted by molar-refractivity contribution is -0.119. The average Bonchev–Trinajstić information content (AvgIpc) is 2.45. The van der Waals surface area contributed by atoms with E-state index < -0.39 is 0 Å². The van der Waals surface area contributed by atoms with Crippen LogP contribution in [0.15, 0.2) is 42.5 Å². The molecular weight excluding hydrogens is 238 g/mol. The average molecular weight is 253 g/mol. The molecule has 0 heterocycles. The molecule has 0 radical (unpaired) electrons. The Kier molecular flexibility index (Phi) is 4.35. The van der Waals surface area contributed by atoms with Crippen molar-refractivity contribution in [3.05, 3.63) is 42.5 Å². The standard InChI is InChI=1S/C15H15N3O/c16-8-3-9-17-15(19)11-18-14-7-6-12-4-1-2-5-13(12)10-14/h1-2,4-7,10,18H,3,9,11H2,(H,17,19). The number of carbonyl (C=O) groups is 1. The normalized spacial score (nSPS) is 9.84. The molecule has 0 spiro atoms. The van der Waals surface area contributed by atoms with Gasteiger partial charge in [0.1, 0.15) is 0 Å². The van der Waals surface area contributed by atoms with Crippen LogP contribution in [0.3, 0.4) is 0 Å². The summed E-state index contributed by atoms with van der Waals surface area (Å²) in [5, 5.41) is 16.4. The van der Waals surface area contributed by atoms with Crippen molar-refractivity contribution in [1.29, 1.82) is 5.26 Å². The van der Waals surface area contributed by atoms with Gasteiger partial charge in [-0.3, -0.25) is 4.79 Å². The Balaban J connectivity index is 1.91. The molecule has 0 aliphatic carbocycles. The predicted molar refractivity (Wildman–Crippen MR) is 75.7 cm³/mol. The van der Waals surface area contributed by atoms with Gasteiger partial charge in [-0.05, 0) is 22.9 Å². The molecule has 0 aliphatic heterocycles. The minimum atomic E-state index is -0.108. The molecule has 2 aromatic rings. The van der Waals surface area contributed by atoms with Crippen molar-refractivity contribution in [2.75, 3.05) is 18.4 Å². The van der Waals surface area contributed by atoms with Crippen LogP contribution < -0.4 is 10.6 Å². The lowest BCUT2D eigenvalue weighted by Gasteiger charge is -2.07. The van der Waals surface area contributed by atoms with Crippen molar-refractivity contribution in [2.45, 2.75) is 6.42 Å². The van der Waals surface area contributed by atoms with Gasteiger partial charge in [0.15, 0.2) is 0 Å². The Morgan fingerprint density at radius 2 is 1.95 bits per heavy atom. The molecule has 0 aliphatic rings. The van der Waals surface area contributed by atoms with Crippen LogP contribution in [0.1, 0.15) is 6.42 Å². The fraction of sp³-hybridized carbons (Fsp3) is 0.200. The SMILES string of the molecule is N#CCCNC(=O)CNc1ccc2ccccc2c1. The summed E-state index contributed by atoms with van der Waals surface area (Å²) >= 11 is 0. The lowest BCUT2D eigenvalue weighted by Crippen LogP contribution is -2.30. The molecule has 4 heteroatoms. The molecule has 0 aromatic heterocycles. The molecule has 0 unspecified atom stereocenters. The summed E-state index contributed by atoms with van der Waals surface area (Å²) in [6.45, 7) is 0.610. The smallest absolute Gasteiger partial charge is 0.239 e. The van der Waals surface area contributed by atoms with Crippen LogP contribution >= 0.6 is 0 Å². The molecule has 0 saturated heterocycles. The number of nitrogens with one attached hydrogen (secondary N) is 2. The number of amides is 1. The van der Waals surface area contributed by atoms with E-state index in [1.807, 2.05) is 48.5 Å². The third-order valence-corrected chi connectivity index (χ3v) is 2.76. The number of carbonyl (C=O) groups excluding carboxylic acids is 1. The highest BCUT2D eigenvalue weighted by atomic mass is 16.1. The van der Waals surface area contributed by atoms with Gasteiger partial charge in [0.05, 0.1) is 19.0 Å². The first-order chi connectivity index (χ1) is 9.29. The molecule has 1 amide bonds. The molecule has 4 nitrogen and oxygen atoms in total. The third-order valence-electron chi connectivity index (χ3n) is 2.76. The Labute approximate surface area is 112 Å². The second-order valence-corrected chi connectivity index (χ2v) is 4.17. The van der Waals surface area contributed by atoms with E-state index in [2.05, 4.69) is 10.6 Å². The van der Waals surface area contributed by atoms with E-state index in [-0.39, 0.29) is 12.5 Å². The summed E-state index contributed by atoms with van der Waals surface area (Å²) in [7, 11) is 0. The second kappa shape index (κ2) is 6.41. The minimum absolute atomic E-state index is 0.108. The van der Waals surface area contributed by atoms with Crippen LogP contribution in [0, 0.1) is 11.3 Å². The summed E-state index contributed by atoms with van der Waals surface area (Å²) in [5.41, 5.74) is 0.911. The lowest BCUT2D eigenvalue weighted by atomic mass is 10.1. The molecular formula is C15H15N3O. The summed E-state index contributed by atoms with van der Waals surface area (Å²) in [5.74, 6) is -0.108. The van der Waals surface area contributed by atoms with E-state index in [1.54, 1.807) is 0 Å². The molecule has 2 N–H and O–H groups in total. The summed E-state index contributed by atoms with van der Waals surface area (Å²) < 4.78 is 0. The van der Waals surface area contributed by atoms with Crippen molar-refractivity contribution in [3.63, 3.8) is 0 Å². The van der Waals surface area contributed by atoms with E-state index in [4.69, 9.17) is 5.26 Å². The Hall–Kier alpha value is -2.54. The molecule has 0 atom stereocenters. The topological polar surface area (TPSA) is 64.9 Å². The molecule has 2 aromatic carbocycles. The molecule has 0 saturated carbocycles. The summed E-state index contributed by atoms with van der Waals surface area (Å²) in [4.78, 5) is 11.5. The van der Waals surface area contributed by atoms with E-state index >= 15 is 0 Å². The van der Waals surface area contributed by atoms with Crippen molar-refractivity contribution < 1.29 is 4.79 Å². The van der Waals surface area contributed by atoms with Crippen molar-refractivity contribution in [3.8, 4) is 6.07 Å². The molecule has 19 heavy (non-hydrogen) atoms. The number of benzene rings is 2. The zero-order chi connectivity index (χ0) is 13.5. The monoisotopic (exact) mass is 253 g/mol. The van der Waals surface area contributed by atoms with Crippen molar-refractivity contribution >= 4 is 22.4 Å². The van der Waals surface area contributed by atoms with Crippen LogP contribution in [0.25, 0.3) is 10.8 Å². The van der Waals surface area contributed by atoms with Gasteiger partial charge in [-0.15, -0.1) is 0 Å². The maximum Gasteiger partial charge on any atom is 0.239 e. The van der Waals surface area contributed by atoms with E-state index in [1.165, 1.54) is 5.39 Å². The molecule has 0 fully saturated rings. The predicted octanol–water partition coefficient (Wildman–Crippen LogP) is 2.28. The van der Waals surface area contributed by atoms with Gasteiger partial charge in [-0.2, -0.15) is 5.26 Å². The maximum atomic E-state index is 11.5. The Morgan fingerprint density at radius 3 is 2.74 bits per heavy atom. The van der Waals surface area contributed by atoms with Gasteiger partial charge >= 0.3 is 0 Å². The van der Waals surface area contributed by atoms with E-state index in [0.717, 1.165) is 11.1 Å². The summed E-state index contributed by atoms with van der Waals surface area (Å²) in [6.07, 6.45) is 0.335. The third kappa shape index (κ3) is 3.71. The number of nitrogens with zero attached hydrogens (tertiary/aromatic N) is 1. The fourth-order valence-electron chi connectivity index (χ4n) is 1.80. The number of rotatable bonds is 5. The van der Waals surface area contributed by atoms with E-state index in [9.17, 15) is 4.79 Å². The van der Waals surface area contributed by atoms with Gasteiger partial charge in [0.2, 0.25) is 5.91 Å². The maximum absolute atomic E-state index is 11.5. The van der Waals surface area contributed by atoms with Crippen LogP contribution in [-0.2, 0) is 4.79 Å². The highest BCUT2D eigenvalue weighted by Gasteiger charge is 2.01. The van der Waals surface area contributed by atoms with Crippen LogP contribution in [0.5, 0.6) is 0 Å². The fourth-order valence-corrected chi connectivity index (χ4v) is 1.80. The Morgan fingerprint density at radius 1 is 1.16 bits per heavy atom. The second-order valence-electron chi connectivity index (χ2n) is 4.17. The molecule has 0 bridgehead atoms. The zero-order valence-corrected chi connectivity index (χ0v) is 10.5. The largest absolute Gasteiger partial charge is 0.376 e. The highest BCUT2D eigenvalue weighted by molar-refractivity contribution is 5.87. The van der Waals surface area contributed by atoms with Gasteiger partial charge in [0.25, 0.3) is 0 Å². The molecule has 2 rings (SSSR count). The van der Waals surface area contributed by atoms with Gasteiger partial charge in [0, 0.05) is 12.2 Å². The van der Waals surface area contributed by atoms with Gasteiger partial charge < -0.3 is 10.6 Å². The molecule has 96 valence electrons. The van der Waals surface area contributed by atoms with Gasteiger partial charge in [-0.1, -0.05) is 30.3 Å². The highest BCUT2D eigenvalue weighted by Crippen LogP contribution is 2.18. The number of nitriles is 1. The zero-order valence-electron chi connectivity index (χ0n) is 10.5. The Bertz CT molecular complexity index is 616.